The Morgan fingerprint density at radius 2 is 2.17 bits per heavy atom. The largest absolute Gasteiger partial charge is 0.398 e. The van der Waals surface area contributed by atoms with E-state index in [9.17, 15) is 4.79 Å². The molecule has 0 aliphatic rings. The Morgan fingerprint density at radius 3 is 2.72 bits per heavy atom. The van der Waals surface area contributed by atoms with Gasteiger partial charge in [0.05, 0.1) is 6.54 Å². The third kappa shape index (κ3) is 5.06. The molecule has 0 saturated carbocycles. The number of carbonyl (C=O) groups is 1. The number of nitrogens with two attached hydrogens (primary N) is 2. The lowest BCUT2D eigenvalue weighted by Gasteiger charge is -2.20. The zero-order valence-electron chi connectivity index (χ0n) is 10.7. The first-order valence-electron chi connectivity index (χ1n) is 6.07. The van der Waals surface area contributed by atoms with Crippen LogP contribution in [0.15, 0.2) is 22.7 Å². The molecule has 100 valence electrons. The molecule has 0 aliphatic heterocycles. The van der Waals surface area contributed by atoms with Crippen LogP contribution >= 0.6 is 15.9 Å². The Morgan fingerprint density at radius 1 is 1.44 bits per heavy atom. The van der Waals surface area contributed by atoms with Gasteiger partial charge in [0.25, 0.3) is 0 Å². The average molecular weight is 314 g/mol. The second kappa shape index (κ2) is 7.38. The Kier molecular flexibility index (Phi) is 6.15. The molecule has 0 atom stereocenters. The van der Waals surface area contributed by atoms with Gasteiger partial charge in [-0.2, -0.15) is 0 Å². The van der Waals surface area contributed by atoms with Gasteiger partial charge in [0.1, 0.15) is 0 Å². The zero-order chi connectivity index (χ0) is 13.5. The second-order valence-electron chi connectivity index (χ2n) is 4.39. The molecule has 0 aliphatic carbocycles. The molecule has 0 aromatic heterocycles. The maximum atomic E-state index is 11.0. The summed E-state index contributed by atoms with van der Waals surface area (Å²) in [6.07, 6.45) is 2.15. The molecule has 18 heavy (non-hydrogen) atoms. The highest BCUT2D eigenvalue weighted by atomic mass is 79.9. The molecule has 0 spiro atoms. The number of carbonyl (C=O) groups excluding carboxylic acids is 1. The Balaban J connectivity index is 2.68. The number of rotatable bonds is 7. The number of hydrogen-bond donors (Lipinski definition) is 2. The number of hydrogen-bond acceptors (Lipinski definition) is 3. The number of nitrogen functional groups attached to an aromatic ring is 1. The molecular formula is C13H20BrN3O. The van der Waals surface area contributed by atoms with E-state index in [1.54, 1.807) is 0 Å². The van der Waals surface area contributed by atoms with Crippen LogP contribution in [0.5, 0.6) is 0 Å². The molecule has 5 heteroatoms. The van der Waals surface area contributed by atoms with Gasteiger partial charge in [-0.25, -0.2) is 0 Å². The lowest BCUT2D eigenvalue weighted by atomic mass is 10.2. The van der Waals surface area contributed by atoms with Gasteiger partial charge in [-0.05, 0) is 46.6 Å². The topological polar surface area (TPSA) is 72.3 Å². The van der Waals surface area contributed by atoms with E-state index in [1.165, 1.54) is 0 Å². The van der Waals surface area contributed by atoms with Gasteiger partial charge in [-0.15, -0.1) is 0 Å². The van der Waals surface area contributed by atoms with E-state index in [4.69, 9.17) is 11.5 Å². The van der Waals surface area contributed by atoms with E-state index in [0.717, 1.165) is 29.4 Å². The summed E-state index contributed by atoms with van der Waals surface area (Å²) >= 11 is 3.37. The molecule has 0 radical (unpaired) electrons. The third-order valence-corrected chi connectivity index (χ3v) is 3.40. The molecule has 4 N–H and O–H groups in total. The van der Waals surface area contributed by atoms with E-state index in [2.05, 4.69) is 27.8 Å². The van der Waals surface area contributed by atoms with Gasteiger partial charge in [0, 0.05) is 16.7 Å². The smallest absolute Gasteiger partial charge is 0.231 e. The molecule has 1 aromatic rings. The summed E-state index contributed by atoms with van der Waals surface area (Å²) in [7, 11) is 0. The summed E-state index contributed by atoms with van der Waals surface area (Å²) in [5, 5.41) is 0. The van der Waals surface area contributed by atoms with Crippen molar-refractivity contribution in [3.05, 3.63) is 28.2 Å². The molecule has 0 heterocycles. The van der Waals surface area contributed by atoms with Gasteiger partial charge in [-0.1, -0.05) is 19.4 Å². The van der Waals surface area contributed by atoms with Crippen LogP contribution < -0.4 is 11.5 Å². The van der Waals surface area contributed by atoms with Crippen LogP contribution in [0.4, 0.5) is 5.69 Å². The molecule has 0 unspecified atom stereocenters. The van der Waals surface area contributed by atoms with Crippen LogP contribution in [-0.4, -0.2) is 23.9 Å². The van der Waals surface area contributed by atoms with Crippen molar-refractivity contribution < 1.29 is 4.79 Å². The maximum absolute atomic E-state index is 11.0. The second-order valence-corrected chi connectivity index (χ2v) is 5.24. The first-order chi connectivity index (χ1) is 8.52. The Bertz CT molecular complexity index is 409. The lowest BCUT2D eigenvalue weighted by Crippen LogP contribution is -2.34. The van der Waals surface area contributed by atoms with Crippen molar-refractivity contribution in [1.82, 2.24) is 4.90 Å². The predicted molar refractivity (Wildman–Crippen MR) is 77.9 cm³/mol. The van der Waals surface area contributed by atoms with E-state index < -0.39 is 0 Å². The summed E-state index contributed by atoms with van der Waals surface area (Å²) in [5.41, 5.74) is 12.9. The third-order valence-electron chi connectivity index (χ3n) is 2.67. The van der Waals surface area contributed by atoms with Crippen LogP contribution in [0.2, 0.25) is 0 Å². The minimum atomic E-state index is -0.295. The van der Waals surface area contributed by atoms with Crippen LogP contribution in [0.25, 0.3) is 0 Å². The fourth-order valence-corrected chi connectivity index (χ4v) is 2.01. The van der Waals surface area contributed by atoms with Crippen LogP contribution in [0.3, 0.4) is 0 Å². The number of benzene rings is 1. The normalized spacial score (nSPS) is 10.8. The van der Waals surface area contributed by atoms with Crippen molar-refractivity contribution in [2.24, 2.45) is 5.73 Å². The highest BCUT2D eigenvalue weighted by molar-refractivity contribution is 9.10. The number of unbranched alkanes of at least 4 members (excludes halogenated alkanes) is 1. The summed E-state index contributed by atoms with van der Waals surface area (Å²) in [6, 6.07) is 5.84. The van der Waals surface area contributed by atoms with Crippen molar-refractivity contribution in [2.75, 3.05) is 18.8 Å². The van der Waals surface area contributed by atoms with Crippen LogP contribution in [0.1, 0.15) is 25.3 Å². The molecule has 0 saturated heterocycles. The number of primary amides is 1. The summed E-state index contributed by atoms with van der Waals surface area (Å²) in [5.74, 6) is -0.295. The standard InChI is InChI=1S/C13H20BrN3O/c1-2-3-6-17(9-13(16)18)8-10-4-5-11(14)12(15)7-10/h4-5,7H,2-3,6,8-9,15H2,1H3,(H2,16,18). The number of anilines is 1. The molecule has 1 aromatic carbocycles. The van der Waals surface area contributed by atoms with Crippen molar-refractivity contribution >= 4 is 27.5 Å². The van der Waals surface area contributed by atoms with E-state index in [0.29, 0.717) is 12.2 Å². The van der Waals surface area contributed by atoms with Crippen LogP contribution in [-0.2, 0) is 11.3 Å². The SMILES string of the molecule is CCCCN(CC(N)=O)Cc1ccc(Br)c(N)c1. The van der Waals surface area contributed by atoms with E-state index in [-0.39, 0.29) is 12.5 Å². The quantitative estimate of drug-likeness (QED) is 0.757. The first-order valence-corrected chi connectivity index (χ1v) is 6.86. The fourth-order valence-electron chi connectivity index (χ4n) is 1.77. The van der Waals surface area contributed by atoms with E-state index in [1.807, 2.05) is 18.2 Å². The molecule has 1 rings (SSSR count). The monoisotopic (exact) mass is 313 g/mol. The molecule has 4 nitrogen and oxygen atoms in total. The minimum absolute atomic E-state index is 0.288. The predicted octanol–water partition coefficient (Wildman–Crippen LogP) is 2.12. The highest BCUT2D eigenvalue weighted by Crippen LogP contribution is 2.21. The summed E-state index contributed by atoms with van der Waals surface area (Å²) < 4.78 is 0.890. The zero-order valence-corrected chi connectivity index (χ0v) is 12.2. The first kappa shape index (κ1) is 15.0. The van der Waals surface area contributed by atoms with E-state index >= 15 is 0 Å². The number of nitrogens with zero attached hydrogens (tertiary/aromatic N) is 1. The van der Waals surface area contributed by atoms with Gasteiger partial charge in [-0.3, -0.25) is 9.69 Å². The summed E-state index contributed by atoms with van der Waals surface area (Å²) in [6.45, 7) is 3.98. The van der Waals surface area contributed by atoms with Gasteiger partial charge < -0.3 is 11.5 Å². The Labute approximate surface area is 116 Å². The van der Waals surface area contributed by atoms with Gasteiger partial charge >= 0.3 is 0 Å². The highest BCUT2D eigenvalue weighted by Gasteiger charge is 2.09. The van der Waals surface area contributed by atoms with Gasteiger partial charge in [0.15, 0.2) is 0 Å². The molecule has 0 fully saturated rings. The van der Waals surface area contributed by atoms with Crippen LogP contribution in [0, 0.1) is 0 Å². The van der Waals surface area contributed by atoms with Crippen molar-refractivity contribution in [1.29, 1.82) is 0 Å². The number of halogens is 1. The lowest BCUT2D eigenvalue weighted by molar-refractivity contribution is -0.119. The van der Waals surface area contributed by atoms with Crippen molar-refractivity contribution in [2.45, 2.75) is 26.3 Å². The summed E-state index contributed by atoms with van der Waals surface area (Å²) in [4.78, 5) is 13.1. The number of amides is 1. The molecular weight excluding hydrogens is 294 g/mol. The minimum Gasteiger partial charge on any atom is -0.398 e. The fraction of sp³-hybridized carbons (Fsp3) is 0.462. The molecule has 0 bridgehead atoms. The Hall–Kier alpha value is -1.07. The average Bonchev–Trinajstić information content (AvgIpc) is 2.30. The van der Waals surface area contributed by atoms with Crippen molar-refractivity contribution in [3.8, 4) is 0 Å². The molecule has 1 amide bonds. The van der Waals surface area contributed by atoms with Gasteiger partial charge in [0.2, 0.25) is 5.91 Å². The van der Waals surface area contributed by atoms with Crippen molar-refractivity contribution in [3.63, 3.8) is 0 Å². The maximum Gasteiger partial charge on any atom is 0.231 e.